The Morgan fingerprint density at radius 3 is 2.21 bits per heavy atom. The SMILES string of the molecule is C=CCC(Cc1cc(OCC)c(OC)c(OC)c1OCC)NC(=O)OC(C)(C)C. The van der Waals surface area contributed by atoms with Gasteiger partial charge in [-0.2, -0.15) is 0 Å². The summed E-state index contributed by atoms with van der Waals surface area (Å²) in [6.45, 7) is 14.0. The van der Waals surface area contributed by atoms with Gasteiger partial charge in [0.25, 0.3) is 0 Å². The summed E-state index contributed by atoms with van der Waals surface area (Å²) in [6, 6.07) is 1.62. The molecule has 0 saturated heterocycles. The van der Waals surface area contributed by atoms with Gasteiger partial charge in [0.2, 0.25) is 11.5 Å². The Labute approximate surface area is 174 Å². The van der Waals surface area contributed by atoms with Crippen LogP contribution < -0.4 is 24.3 Å². The van der Waals surface area contributed by atoms with Gasteiger partial charge < -0.3 is 29.0 Å². The zero-order chi connectivity index (χ0) is 22.0. The highest BCUT2D eigenvalue weighted by Crippen LogP contribution is 2.47. The van der Waals surface area contributed by atoms with Crippen LogP contribution in [0.4, 0.5) is 4.79 Å². The average Bonchev–Trinajstić information content (AvgIpc) is 2.62. The van der Waals surface area contributed by atoms with Crippen LogP contribution >= 0.6 is 0 Å². The van der Waals surface area contributed by atoms with Gasteiger partial charge in [-0.25, -0.2) is 4.79 Å². The van der Waals surface area contributed by atoms with Crippen molar-refractivity contribution in [2.45, 2.75) is 59.1 Å². The molecule has 0 heterocycles. The van der Waals surface area contributed by atoms with Crippen LogP contribution in [-0.4, -0.2) is 45.2 Å². The number of methoxy groups -OCH3 is 2. The lowest BCUT2D eigenvalue weighted by molar-refractivity contribution is 0.0504. The highest BCUT2D eigenvalue weighted by molar-refractivity contribution is 5.68. The molecule has 1 rings (SSSR count). The minimum absolute atomic E-state index is 0.242. The first-order valence-corrected chi connectivity index (χ1v) is 9.84. The van der Waals surface area contributed by atoms with Gasteiger partial charge in [0.15, 0.2) is 11.5 Å². The fourth-order valence-electron chi connectivity index (χ4n) is 2.88. The summed E-state index contributed by atoms with van der Waals surface area (Å²) in [7, 11) is 3.11. The molecule has 1 N–H and O–H groups in total. The fourth-order valence-corrected chi connectivity index (χ4v) is 2.88. The first-order valence-electron chi connectivity index (χ1n) is 9.84. The van der Waals surface area contributed by atoms with Crippen molar-refractivity contribution < 1.29 is 28.5 Å². The van der Waals surface area contributed by atoms with Gasteiger partial charge in [-0.05, 0) is 53.5 Å². The van der Waals surface area contributed by atoms with E-state index in [0.717, 1.165) is 5.56 Å². The molecule has 0 aliphatic carbocycles. The summed E-state index contributed by atoms with van der Waals surface area (Å²) in [4.78, 5) is 12.3. The number of benzene rings is 1. The number of carbonyl (C=O) groups excluding carboxylic acids is 1. The van der Waals surface area contributed by atoms with Gasteiger partial charge in [0, 0.05) is 11.6 Å². The Morgan fingerprint density at radius 1 is 1.10 bits per heavy atom. The van der Waals surface area contributed by atoms with Crippen LogP contribution in [0.5, 0.6) is 23.0 Å². The zero-order valence-corrected chi connectivity index (χ0v) is 18.7. The Bertz CT molecular complexity index is 681. The van der Waals surface area contributed by atoms with E-state index in [-0.39, 0.29) is 6.04 Å². The van der Waals surface area contributed by atoms with E-state index in [1.807, 2.05) is 40.7 Å². The van der Waals surface area contributed by atoms with Crippen LogP contribution in [0.25, 0.3) is 0 Å². The molecule has 0 radical (unpaired) electrons. The molecule has 1 amide bonds. The Kier molecular flexibility index (Phi) is 9.65. The molecule has 29 heavy (non-hydrogen) atoms. The topological polar surface area (TPSA) is 75.3 Å². The Morgan fingerprint density at radius 2 is 1.72 bits per heavy atom. The summed E-state index contributed by atoms with van der Waals surface area (Å²) in [5.41, 5.74) is 0.251. The molecule has 1 unspecified atom stereocenters. The van der Waals surface area contributed by atoms with Crippen molar-refractivity contribution in [2.75, 3.05) is 27.4 Å². The largest absolute Gasteiger partial charge is 0.490 e. The maximum atomic E-state index is 12.3. The lowest BCUT2D eigenvalue weighted by atomic mass is 10.0. The average molecular weight is 410 g/mol. The minimum atomic E-state index is -0.579. The summed E-state index contributed by atoms with van der Waals surface area (Å²) < 4.78 is 28.1. The van der Waals surface area contributed by atoms with Gasteiger partial charge in [-0.3, -0.25) is 0 Å². The van der Waals surface area contributed by atoms with Crippen LogP contribution in [0.1, 0.15) is 46.6 Å². The lowest BCUT2D eigenvalue weighted by Crippen LogP contribution is -2.40. The van der Waals surface area contributed by atoms with Crippen molar-refractivity contribution in [1.82, 2.24) is 5.32 Å². The molecule has 1 aromatic carbocycles. The molecule has 0 saturated carbocycles. The molecule has 0 spiro atoms. The normalized spacial score (nSPS) is 12.0. The standard InChI is InChI=1S/C22H35NO6/c1-9-12-16(23-21(24)29-22(4,5)6)13-15-14-17(27-10-2)19(25-7)20(26-8)18(15)28-11-3/h9,14,16H,1,10-13H2,2-8H3,(H,23,24). The summed E-state index contributed by atoms with van der Waals surface area (Å²) in [5, 5.41) is 2.91. The van der Waals surface area contributed by atoms with E-state index in [2.05, 4.69) is 11.9 Å². The molecule has 1 aromatic rings. The first kappa shape index (κ1) is 24.5. The molecule has 0 fully saturated rings. The van der Waals surface area contributed by atoms with E-state index in [1.54, 1.807) is 20.3 Å². The third-order valence-corrected chi connectivity index (χ3v) is 3.87. The number of alkyl carbamates (subject to hydrolysis) is 1. The maximum Gasteiger partial charge on any atom is 0.407 e. The fraction of sp³-hybridized carbons (Fsp3) is 0.591. The highest BCUT2D eigenvalue weighted by Gasteiger charge is 2.25. The summed E-state index contributed by atoms with van der Waals surface area (Å²) in [5.74, 6) is 2.06. The van der Waals surface area contributed by atoms with Crippen molar-refractivity contribution in [3.8, 4) is 23.0 Å². The van der Waals surface area contributed by atoms with Gasteiger partial charge in [0.05, 0.1) is 27.4 Å². The van der Waals surface area contributed by atoms with Crippen molar-refractivity contribution in [1.29, 1.82) is 0 Å². The molecule has 7 nitrogen and oxygen atoms in total. The third-order valence-electron chi connectivity index (χ3n) is 3.87. The predicted octanol–water partition coefficient (Wildman–Crippen LogP) is 4.51. The second-order valence-corrected chi connectivity index (χ2v) is 7.37. The maximum absolute atomic E-state index is 12.3. The number of ether oxygens (including phenoxy) is 5. The Balaban J connectivity index is 3.30. The van der Waals surface area contributed by atoms with Crippen molar-refractivity contribution in [2.24, 2.45) is 0 Å². The zero-order valence-electron chi connectivity index (χ0n) is 18.7. The second-order valence-electron chi connectivity index (χ2n) is 7.37. The number of amides is 1. The highest BCUT2D eigenvalue weighted by atomic mass is 16.6. The van der Waals surface area contributed by atoms with Crippen molar-refractivity contribution >= 4 is 6.09 Å². The molecule has 0 aliphatic heterocycles. The van der Waals surface area contributed by atoms with E-state index in [9.17, 15) is 4.79 Å². The number of hydrogen-bond donors (Lipinski definition) is 1. The monoisotopic (exact) mass is 409 g/mol. The smallest absolute Gasteiger partial charge is 0.407 e. The van der Waals surface area contributed by atoms with E-state index in [1.165, 1.54) is 0 Å². The lowest BCUT2D eigenvalue weighted by Gasteiger charge is -2.25. The molecule has 7 heteroatoms. The van der Waals surface area contributed by atoms with Crippen LogP contribution in [-0.2, 0) is 11.2 Å². The quantitative estimate of drug-likeness (QED) is 0.542. The molecule has 164 valence electrons. The molecule has 1 atom stereocenters. The molecule has 0 bridgehead atoms. The van der Waals surface area contributed by atoms with Crippen LogP contribution in [0.15, 0.2) is 18.7 Å². The van der Waals surface area contributed by atoms with Crippen molar-refractivity contribution in [3.63, 3.8) is 0 Å². The predicted molar refractivity (Wildman–Crippen MR) is 114 cm³/mol. The van der Waals surface area contributed by atoms with Gasteiger partial charge >= 0.3 is 6.09 Å². The summed E-state index contributed by atoms with van der Waals surface area (Å²) >= 11 is 0. The van der Waals surface area contributed by atoms with E-state index in [0.29, 0.717) is 49.1 Å². The number of nitrogens with one attached hydrogen (secondary N) is 1. The summed E-state index contributed by atoms with van der Waals surface area (Å²) in [6.07, 6.45) is 2.31. The van der Waals surface area contributed by atoms with E-state index >= 15 is 0 Å². The Hall–Kier alpha value is -2.57. The molecule has 0 aliphatic rings. The van der Waals surface area contributed by atoms with E-state index < -0.39 is 11.7 Å². The van der Waals surface area contributed by atoms with Gasteiger partial charge in [0.1, 0.15) is 5.60 Å². The van der Waals surface area contributed by atoms with Crippen molar-refractivity contribution in [3.05, 3.63) is 24.3 Å². The third kappa shape index (κ3) is 7.40. The second kappa shape index (κ2) is 11.4. The molecular weight excluding hydrogens is 374 g/mol. The number of rotatable bonds is 11. The van der Waals surface area contributed by atoms with Gasteiger partial charge in [-0.15, -0.1) is 6.58 Å². The first-order chi connectivity index (χ1) is 13.7. The number of hydrogen-bond acceptors (Lipinski definition) is 6. The molecular formula is C22H35NO6. The van der Waals surface area contributed by atoms with E-state index in [4.69, 9.17) is 23.7 Å². The minimum Gasteiger partial charge on any atom is -0.490 e. The van der Waals surface area contributed by atoms with Gasteiger partial charge in [-0.1, -0.05) is 6.08 Å². The van der Waals surface area contributed by atoms with Crippen LogP contribution in [0.3, 0.4) is 0 Å². The van der Waals surface area contributed by atoms with Crippen LogP contribution in [0.2, 0.25) is 0 Å². The van der Waals surface area contributed by atoms with Crippen LogP contribution in [0, 0.1) is 0 Å². The molecule has 0 aromatic heterocycles. The number of carbonyl (C=O) groups is 1.